The number of rotatable bonds is 9. The molecule has 0 aromatic heterocycles. The number of ether oxygens (including phenoxy) is 2. The van der Waals surface area contributed by atoms with Gasteiger partial charge < -0.3 is 20.1 Å². The predicted molar refractivity (Wildman–Crippen MR) is 82.2 cm³/mol. The Hall–Kier alpha value is -1.72. The van der Waals surface area contributed by atoms with Crippen molar-refractivity contribution < 1.29 is 19.1 Å². The fourth-order valence-corrected chi connectivity index (χ4v) is 1.78. The van der Waals surface area contributed by atoms with Crippen molar-refractivity contribution in [2.45, 2.75) is 40.5 Å². The molecule has 0 bridgehead atoms. The fourth-order valence-electron chi connectivity index (χ4n) is 1.78. The standard InChI is InChI=1S/C15H28N2O4/c1-5-8-10-17-14(19)21-12-15(4,9-6-2)11-20-13(18)16-7-3/h5,8H,6-7,9-12H2,1-4H3,(H,16,18)(H,17,19)/b8-5+. The van der Waals surface area contributed by atoms with Gasteiger partial charge in [0.15, 0.2) is 0 Å². The van der Waals surface area contributed by atoms with E-state index in [1.54, 1.807) is 0 Å². The minimum Gasteiger partial charge on any atom is -0.449 e. The number of alkyl carbamates (subject to hydrolysis) is 2. The second kappa shape index (κ2) is 11.0. The summed E-state index contributed by atoms with van der Waals surface area (Å²) < 4.78 is 10.4. The van der Waals surface area contributed by atoms with Gasteiger partial charge in [-0.05, 0) is 20.3 Å². The Labute approximate surface area is 127 Å². The van der Waals surface area contributed by atoms with E-state index in [1.165, 1.54) is 0 Å². The number of carbonyl (C=O) groups is 2. The Morgan fingerprint density at radius 3 is 2.14 bits per heavy atom. The maximum absolute atomic E-state index is 11.5. The Morgan fingerprint density at radius 1 is 1.10 bits per heavy atom. The van der Waals surface area contributed by atoms with Crippen LogP contribution in [0.25, 0.3) is 0 Å². The van der Waals surface area contributed by atoms with Crippen molar-refractivity contribution >= 4 is 12.2 Å². The maximum atomic E-state index is 11.5. The van der Waals surface area contributed by atoms with E-state index in [1.807, 2.05) is 39.8 Å². The smallest absolute Gasteiger partial charge is 0.407 e. The van der Waals surface area contributed by atoms with Crippen LogP contribution in [-0.4, -0.2) is 38.5 Å². The molecule has 21 heavy (non-hydrogen) atoms. The van der Waals surface area contributed by atoms with Crippen molar-refractivity contribution in [2.24, 2.45) is 5.41 Å². The SMILES string of the molecule is C/C=C/CNC(=O)OCC(C)(CCC)COC(=O)NCC. The van der Waals surface area contributed by atoms with E-state index >= 15 is 0 Å². The van der Waals surface area contributed by atoms with Crippen molar-refractivity contribution in [3.8, 4) is 0 Å². The van der Waals surface area contributed by atoms with Crippen LogP contribution in [0.2, 0.25) is 0 Å². The van der Waals surface area contributed by atoms with Crippen molar-refractivity contribution in [2.75, 3.05) is 26.3 Å². The molecule has 0 aliphatic heterocycles. The van der Waals surface area contributed by atoms with Crippen LogP contribution in [-0.2, 0) is 9.47 Å². The van der Waals surface area contributed by atoms with Crippen molar-refractivity contribution in [1.29, 1.82) is 0 Å². The highest BCUT2D eigenvalue weighted by Gasteiger charge is 2.27. The molecule has 122 valence electrons. The molecule has 0 saturated heterocycles. The van der Waals surface area contributed by atoms with E-state index in [4.69, 9.17) is 9.47 Å². The molecule has 0 spiro atoms. The number of nitrogens with one attached hydrogen (secondary N) is 2. The average molecular weight is 300 g/mol. The van der Waals surface area contributed by atoms with Crippen LogP contribution in [0.1, 0.15) is 40.5 Å². The van der Waals surface area contributed by atoms with Gasteiger partial charge in [0, 0.05) is 18.5 Å². The van der Waals surface area contributed by atoms with Gasteiger partial charge >= 0.3 is 12.2 Å². The van der Waals surface area contributed by atoms with Gasteiger partial charge in [-0.3, -0.25) is 0 Å². The Kier molecular flexibility index (Phi) is 10.1. The second-order valence-corrected chi connectivity index (χ2v) is 5.19. The van der Waals surface area contributed by atoms with E-state index in [0.717, 1.165) is 12.8 Å². The zero-order chi connectivity index (χ0) is 16.1. The van der Waals surface area contributed by atoms with Gasteiger partial charge in [-0.25, -0.2) is 9.59 Å². The van der Waals surface area contributed by atoms with Crippen LogP contribution in [0.4, 0.5) is 9.59 Å². The molecule has 0 heterocycles. The first kappa shape index (κ1) is 19.3. The molecule has 2 amide bonds. The lowest BCUT2D eigenvalue weighted by Gasteiger charge is -2.28. The zero-order valence-electron chi connectivity index (χ0n) is 13.5. The second-order valence-electron chi connectivity index (χ2n) is 5.19. The van der Waals surface area contributed by atoms with Crippen LogP contribution in [0.15, 0.2) is 12.2 Å². The Morgan fingerprint density at radius 2 is 1.67 bits per heavy atom. The molecule has 0 saturated carbocycles. The minimum absolute atomic E-state index is 0.210. The monoisotopic (exact) mass is 300 g/mol. The summed E-state index contributed by atoms with van der Waals surface area (Å²) >= 11 is 0. The van der Waals surface area contributed by atoms with E-state index in [9.17, 15) is 9.59 Å². The number of hydrogen-bond donors (Lipinski definition) is 2. The molecule has 0 aliphatic carbocycles. The molecule has 0 aromatic rings. The molecular formula is C15H28N2O4. The highest BCUT2D eigenvalue weighted by atomic mass is 16.6. The topological polar surface area (TPSA) is 76.7 Å². The van der Waals surface area contributed by atoms with Crippen LogP contribution in [0.3, 0.4) is 0 Å². The molecule has 0 fully saturated rings. The number of allylic oxidation sites excluding steroid dienone is 1. The van der Waals surface area contributed by atoms with E-state index in [0.29, 0.717) is 13.1 Å². The summed E-state index contributed by atoms with van der Waals surface area (Å²) in [6.07, 6.45) is 4.48. The third kappa shape index (κ3) is 9.76. The zero-order valence-corrected chi connectivity index (χ0v) is 13.5. The maximum Gasteiger partial charge on any atom is 0.407 e. The van der Waals surface area contributed by atoms with E-state index in [2.05, 4.69) is 10.6 Å². The lowest BCUT2D eigenvalue weighted by molar-refractivity contribution is 0.0315. The summed E-state index contributed by atoms with van der Waals surface area (Å²) in [5.74, 6) is 0. The molecule has 0 aromatic carbocycles. The first-order valence-corrected chi connectivity index (χ1v) is 7.39. The van der Waals surface area contributed by atoms with Crippen LogP contribution < -0.4 is 10.6 Å². The quantitative estimate of drug-likeness (QED) is 0.642. The molecule has 0 aliphatic rings. The van der Waals surface area contributed by atoms with E-state index in [-0.39, 0.29) is 18.6 Å². The van der Waals surface area contributed by atoms with Crippen LogP contribution >= 0.6 is 0 Å². The first-order chi connectivity index (χ1) is 9.97. The largest absolute Gasteiger partial charge is 0.449 e. The molecule has 2 N–H and O–H groups in total. The van der Waals surface area contributed by atoms with Crippen molar-refractivity contribution in [1.82, 2.24) is 10.6 Å². The summed E-state index contributed by atoms with van der Waals surface area (Å²) in [5.41, 5.74) is -0.377. The van der Waals surface area contributed by atoms with Gasteiger partial charge in [-0.1, -0.05) is 32.4 Å². The molecule has 0 rings (SSSR count). The third-order valence-corrected chi connectivity index (χ3v) is 2.88. The molecular weight excluding hydrogens is 272 g/mol. The summed E-state index contributed by atoms with van der Waals surface area (Å²) in [5, 5.41) is 5.19. The molecule has 6 nitrogen and oxygen atoms in total. The van der Waals surface area contributed by atoms with Gasteiger partial charge in [0.25, 0.3) is 0 Å². The molecule has 6 heteroatoms. The highest BCUT2D eigenvalue weighted by Crippen LogP contribution is 2.24. The molecule has 1 atom stereocenters. The minimum atomic E-state index is -0.464. The summed E-state index contributed by atoms with van der Waals surface area (Å²) in [4.78, 5) is 22.9. The Balaban J connectivity index is 4.24. The van der Waals surface area contributed by atoms with Gasteiger partial charge in [-0.15, -0.1) is 0 Å². The molecule has 1 unspecified atom stereocenters. The first-order valence-electron chi connectivity index (χ1n) is 7.39. The predicted octanol–water partition coefficient (Wildman–Crippen LogP) is 2.84. The highest BCUT2D eigenvalue weighted by molar-refractivity contribution is 5.67. The lowest BCUT2D eigenvalue weighted by Crippen LogP contribution is -2.36. The van der Waals surface area contributed by atoms with Crippen molar-refractivity contribution in [3.63, 3.8) is 0 Å². The van der Waals surface area contributed by atoms with Crippen molar-refractivity contribution in [3.05, 3.63) is 12.2 Å². The summed E-state index contributed by atoms with van der Waals surface area (Å²) in [6.45, 7) is 9.07. The summed E-state index contributed by atoms with van der Waals surface area (Å²) in [7, 11) is 0. The van der Waals surface area contributed by atoms with Gasteiger partial charge in [0.2, 0.25) is 0 Å². The normalized spacial score (nSPS) is 13.5. The van der Waals surface area contributed by atoms with Crippen LogP contribution in [0, 0.1) is 5.41 Å². The van der Waals surface area contributed by atoms with Crippen LogP contribution in [0.5, 0.6) is 0 Å². The third-order valence-electron chi connectivity index (χ3n) is 2.88. The van der Waals surface area contributed by atoms with E-state index < -0.39 is 12.2 Å². The number of carbonyl (C=O) groups excluding carboxylic acids is 2. The lowest BCUT2D eigenvalue weighted by atomic mass is 9.87. The van der Waals surface area contributed by atoms with Gasteiger partial charge in [-0.2, -0.15) is 0 Å². The average Bonchev–Trinajstić information content (AvgIpc) is 2.44. The fraction of sp³-hybridized carbons (Fsp3) is 0.733. The van der Waals surface area contributed by atoms with Gasteiger partial charge in [0.05, 0.1) is 0 Å². The summed E-state index contributed by atoms with van der Waals surface area (Å²) in [6, 6.07) is 0. The van der Waals surface area contributed by atoms with Gasteiger partial charge in [0.1, 0.15) is 13.2 Å². The molecule has 0 radical (unpaired) electrons. The Bertz CT molecular complexity index is 345. The number of amides is 2. The number of hydrogen-bond acceptors (Lipinski definition) is 4.